The zero-order valence-corrected chi connectivity index (χ0v) is 18.3. The first-order valence-electron chi connectivity index (χ1n) is 9.31. The summed E-state index contributed by atoms with van der Waals surface area (Å²) in [6.07, 6.45) is 14.8. The molecule has 2 N–H and O–H groups in total. The van der Waals surface area contributed by atoms with E-state index >= 15 is 0 Å². The van der Waals surface area contributed by atoms with E-state index in [1.165, 1.54) is 62.0 Å². The molecule has 142 valence electrons. The number of carbonyl (C=O) groups is 2. The average Bonchev–Trinajstić information content (AvgIpc) is 2.53. The molecular weight excluding hydrogens is 438 g/mol. The summed E-state index contributed by atoms with van der Waals surface area (Å²) in [6, 6.07) is 0. The minimum absolute atomic E-state index is 0.327. The molecule has 0 aliphatic heterocycles. The van der Waals surface area contributed by atoms with Crippen LogP contribution in [-0.4, -0.2) is 48.4 Å². The van der Waals surface area contributed by atoms with Crippen LogP contribution in [0, 0.1) is 0 Å². The van der Waals surface area contributed by atoms with E-state index in [1.54, 1.807) is 0 Å². The SMILES string of the molecule is O=C(O)CCCCCCCC[Se][Se]CCCCCCCCC(=O)O. The molecule has 0 aromatic heterocycles. The van der Waals surface area contributed by atoms with Crippen LogP contribution in [-0.2, 0) is 9.59 Å². The Labute approximate surface area is 158 Å². The molecule has 0 rings (SSSR count). The van der Waals surface area contributed by atoms with Crippen molar-refractivity contribution >= 4 is 38.2 Å². The number of rotatable bonds is 19. The Morgan fingerprint density at radius 3 is 1.12 bits per heavy atom. The van der Waals surface area contributed by atoms with Crippen LogP contribution >= 0.6 is 0 Å². The molecule has 0 spiro atoms. The molecule has 0 amide bonds. The summed E-state index contributed by atoms with van der Waals surface area (Å²) in [5, 5.41) is 19.9. The van der Waals surface area contributed by atoms with Gasteiger partial charge in [-0.25, -0.2) is 0 Å². The molecule has 0 unspecified atom stereocenters. The van der Waals surface area contributed by atoms with E-state index in [1.807, 2.05) is 0 Å². The van der Waals surface area contributed by atoms with Gasteiger partial charge in [-0.2, -0.15) is 0 Å². The predicted octanol–water partition coefficient (Wildman–Crippen LogP) is 4.78. The average molecular weight is 472 g/mol. The molecule has 4 nitrogen and oxygen atoms in total. The Morgan fingerprint density at radius 1 is 0.500 bits per heavy atom. The van der Waals surface area contributed by atoms with E-state index in [9.17, 15) is 9.59 Å². The Bertz CT molecular complexity index is 281. The zero-order chi connectivity index (χ0) is 17.9. The molecule has 0 radical (unpaired) electrons. The molecule has 0 aromatic carbocycles. The first-order chi connectivity index (χ1) is 11.6. The van der Waals surface area contributed by atoms with Gasteiger partial charge in [-0.3, -0.25) is 0 Å². The van der Waals surface area contributed by atoms with E-state index in [4.69, 9.17) is 10.2 Å². The van der Waals surface area contributed by atoms with E-state index in [0.717, 1.165) is 51.9 Å². The van der Waals surface area contributed by atoms with Crippen molar-refractivity contribution in [2.75, 3.05) is 0 Å². The number of hydrogen-bond acceptors (Lipinski definition) is 2. The van der Waals surface area contributed by atoms with Gasteiger partial charge in [-0.1, -0.05) is 0 Å². The molecule has 0 fully saturated rings. The second kappa shape index (κ2) is 19.3. The third-order valence-electron chi connectivity index (χ3n) is 3.82. The maximum absolute atomic E-state index is 10.4. The van der Waals surface area contributed by atoms with Gasteiger partial charge in [0.05, 0.1) is 0 Å². The zero-order valence-electron chi connectivity index (χ0n) is 14.8. The Kier molecular flexibility index (Phi) is 19.3. The number of carboxylic acid groups (broad SMARTS) is 2. The van der Waals surface area contributed by atoms with Gasteiger partial charge < -0.3 is 0 Å². The van der Waals surface area contributed by atoms with Crippen molar-refractivity contribution in [3.63, 3.8) is 0 Å². The van der Waals surface area contributed by atoms with Gasteiger partial charge in [0.25, 0.3) is 0 Å². The fourth-order valence-corrected chi connectivity index (χ4v) is 9.39. The topological polar surface area (TPSA) is 74.6 Å². The molecule has 24 heavy (non-hydrogen) atoms. The molecule has 0 aliphatic rings. The van der Waals surface area contributed by atoms with Gasteiger partial charge in [-0.05, 0) is 0 Å². The van der Waals surface area contributed by atoms with Crippen molar-refractivity contribution in [2.45, 2.75) is 101 Å². The van der Waals surface area contributed by atoms with E-state index < -0.39 is 11.9 Å². The first-order valence-corrected chi connectivity index (χ1v) is 16.1. The van der Waals surface area contributed by atoms with Crippen LogP contribution in [0.15, 0.2) is 0 Å². The van der Waals surface area contributed by atoms with Crippen LogP contribution in [0.4, 0.5) is 0 Å². The monoisotopic (exact) mass is 474 g/mol. The first kappa shape index (κ1) is 24.0. The molecule has 0 heterocycles. The summed E-state index contributed by atoms with van der Waals surface area (Å²) in [7, 11) is 0. The van der Waals surface area contributed by atoms with Crippen molar-refractivity contribution in [2.24, 2.45) is 0 Å². The van der Waals surface area contributed by atoms with Gasteiger partial charge in [0.2, 0.25) is 0 Å². The van der Waals surface area contributed by atoms with Gasteiger partial charge in [0.1, 0.15) is 0 Å². The normalized spacial score (nSPS) is 10.8. The van der Waals surface area contributed by atoms with E-state index in [-0.39, 0.29) is 0 Å². The number of hydrogen-bond donors (Lipinski definition) is 2. The predicted molar refractivity (Wildman–Crippen MR) is 101 cm³/mol. The molecule has 0 aliphatic carbocycles. The molecule has 0 aromatic rings. The number of carboxylic acids is 2. The summed E-state index contributed by atoms with van der Waals surface area (Å²) >= 11 is 1.75. The molecular formula is C18H34O4Se2. The fourth-order valence-electron chi connectivity index (χ4n) is 2.41. The number of unbranched alkanes of at least 4 members (excludes halogenated alkanes) is 10. The molecule has 0 atom stereocenters. The van der Waals surface area contributed by atoms with Gasteiger partial charge >= 0.3 is 159 Å². The van der Waals surface area contributed by atoms with Crippen LogP contribution < -0.4 is 0 Å². The van der Waals surface area contributed by atoms with Crippen molar-refractivity contribution in [3.05, 3.63) is 0 Å². The second-order valence-electron chi connectivity index (χ2n) is 6.17. The van der Waals surface area contributed by atoms with Crippen molar-refractivity contribution < 1.29 is 19.8 Å². The molecule has 0 saturated carbocycles. The van der Waals surface area contributed by atoms with E-state index in [0.29, 0.717) is 12.8 Å². The van der Waals surface area contributed by atoms with Crippen molar-refractivity contribution in [1.29, 1.82) is 0 Å². The summed E-state index contributed by atoms with van der Waals surface area (Å²) in [4.78, 5) is 20.7. The quantitative estimate of drug-likeness (QED) is 0.210. The maximum atomic E-state index is 10.4. The van der Waals surface area contributed by atoms with Gasteiger partial charge in [-0.15, -0.1) is 0 Å². The Morgan fingerprint density at radius 2 is 0.792 bits per heavy atom. The molecule has 6 heteroatoms. The second-order valence-corrected chi connectivity index (χ2v) is 14.0. The standard InChI is InChI=1S/C18H34O4Se2/c19-17(20)13-9-5-1-3-7-11-15-23-24-16-12-8-4-2-6-10-14-18(21)22/h1-16H2,(H,19,20)(H,21,22). The third kappa shape index (κ3) is 22.0. The van der Waals surface area contributed by atoms with Crippen LogP contribution in [0.5, 0.6) is 0 Å². The summed E-state index contributed by atoms with van der Waals surface area (Å²) in [5.41, 5.74) is 0. The van der Waals surface area contributed by atoms with Crippen molar-refractivity contribution in [1.82, 2.24) is 0 Å². The summed E-state index contributed by atoms with van der Waals surface area (Å²) < 4.78 is 0. The third-order valence-corrected chi connectivity index (χ3v) is 11.5. The summed E-state index contributed by atoms with van der Waals surface area (Å²) in [6.45, 7) is 0. The summed E-state index contributed by atoms with van der Waals surface area (Å²) in [5.74, 6) is -1.34. The van der Waals surface area contributed by atoms with Gasteiger partial charge in [0, 0.05) is 0 Å². The Hall–Kier alpha value is -0.0210. The van der Waals surface area contributed by atoms with Crippen LogP contribution in [0.2, 0.25) is 10.6 Å². The van der Waals surface area contributed by atoms with Crippen LogP contribution in [0.25, 0.3) is 0 Å². The molecule has 0 saturated heterocycles. The van der Waals surface area contributed by atoms with E-state index in [2.05, 4.69) is 0 Å². The Balaban J connectivity index is 3.00. The minimum atomic E-state index is -0.668. The van der Waals surface area contributed by atoms with Crippen molar-refractivity contribution in [3.8, 4) is 0 Å². The molecule has 0 bridgehead atoms. The van der Waals surface area contributed by atoms with Crippen LogP contribution in [0.3, 0.4) is 0 Å². The fraction of sp³-hybridized carbons (Fsp3) is 0.889. The van der Waals surface area contributed by atoms with Crippen LogP contribution in [0.1, 0.15) is 89.9 Å². The van der Waals surface area contributed by atoms with Gasteiger partial charge in [0.15, 0.2) is 0 Å². The number of aliphatic carboxylic acids is 2.